The third kappa shape index (κ3) is 8.13. The van der Waals surface area contributed by atoms with Gasteiger partial charge in [0.25, 0.3) is 0 Å². The molecule has 2 aromatic rings. The van der Waals surface area contributed by atoms with Gasteiger partial charge in [-0.1, -0.05) is 36.6 Å². The number of hydrogen-bond acceptors (Lipinski definition) is 5. The molecule has 0 spiro atoms. The van der Waals surface area contributed by atoms with Gasteiger partial charge in [-0.2, -0.15) is 0 Å². The zero-order valence-electron chi connectivity index (χ0n) is 17.2. The Morgan fingerprint density at radius 1 is 1.00 bits per heavy atom. The van der Waals surface area contributed by atoms with E-state index in [4.69, 9.17) is 0 Å². The molecule has 0 bridgehead atoms. The lowest BCUT2D eigenvalue weighted by molar-refractivity contribution is -0.116. The van der Waals surface area contributed by atoms with Crippen molar-refractivity contribution in [3.63, 3.8) is 0 Å². The molecule has 0 fully saturated rings. The molecule has 158 valence electrons. The summed E-state index contributed by atoms with van der Waals surface area (Å²) in [6.45, 7) is 4.44. The zero-order chi connectivity index (χ0) is 21.2. The minimum atomic E-state index is -0.755. The van der Waals surface area contributed by atoms with E-state index in [1.807, 2.05) is 31.2 Å². The third-order valence-electron chi connectivity index (χ3n) is 4.92. The zero-order valence-corrected chi connectivity index (χ0v) is 17.2. The summed E-state index contributed by atoms with van der Waals surface area (Å²) >= 11 is 0. The summed E-state index contributed by atoms with van der Waals surface area (Å²) in [4.78, 5) is 12.0. The highest BCUT2D eigenvalue weighted by Gasteiger charge is 2.11. The SMILES string of the molecule is Cc1ccc(NC(=O)CCCCCC(C)NCC(O)c2ccc(O)c(O)c2)cc1. The second-order valence-corrected chi connectivity index (χ2v) is 7.59. The number of carbonyl (C=O) groups is 1. The summed E-state index contributed by atoms with van der Waals surface area (Å²) in [5.74, 6) is -0.392. The number of anilines is 1. The van der Waals surface area contributed by atoms with E-state index >= 15 is 0 Å². The van der Waals surface area contributed by atoms with E-state index in [0.717, 1.165) is 31.4 Å². The van der Waals surface area contributed by atoms with Gasteiger partial charge in [-0.15, -0.1) is 0 Å². The van der Waals surface area contributed by atoms with E-state index in [-0.39, 0.29) is 23.4 Å². The lowest BCUT2D eigenvalue weighted by Gasteiger charge is -2.17. The Balaban J connectivity index is 1.57. The molecule has 0 radical (unpaired) electrons. The Morgan fingerprint density at radius 2 is 1.72 bits per heavy atom. The average Bonchev–Trinajstić information content (AvgIpc) is 2.69. The highest BCUT2D eigenvalue weighted by molar-refractivity contribution is 5.90. The van der Waals surface area contributed by atoms with Crippen LogP contribution in [0.25, 0.3) is 0 Å². The Kier molecular flexibility index (Phi) is 8.96. The van der Waals surface area contributed by atoms with Crippen LogP contribution in [-0.4, -0.2) is 33.8 Å². The molecule has 0 aromatic heterocycles. The van der Waals surface area contributed by atoms with E-state index < -0.39 is 6.10 Å². The van der Waals surface area contributed by atoms with Crippen LogP contribution >= 0.6 is 0 Å². The van der Waals surface area contributed by atoms with E-state index in [1.54, 1.807) is 6.07 Å². The fraction of sp³-hybridized carbons (Fsp3) is 0.435. The highest BCUT2D eigenvalue weighted by Crippen LogP contribution is 2.27. The largest absolute Gasteiger partial charge is 0.504 e. The van der Waals surface area contributed by atoms with Crippen LogP contribution in [0.2, 0.25) is 0 Å². The predicted molar refractivity (Wildman–Crippen MR) is 115 cm³/mol. The number of phenolic OH excluding ortho intramolecular Hbond substituents is 2. The van der Waals surface area contributed by atoms with Gasteiger partial charge in [-0.3, -0.25) is 4.79 Å². The Morgan fingerprint density at radius 3 is 2.41 bits per heavy atom. The molecule has 0 heterocycles. The maximum atomic E-state index is 12.0. The number of nitrogens with one attached hydrogen (secondary N) is 2. The fourth-order valence-corrected chi connectivity index (χ4v) is 3.05. The molecule has 0 saturated carbocycles. The molecule has 6 heteroatoms. The second kappa shape index (κ2) is 11.4. The van der Waals surface area contributed by atoms with Crippen molar-refractivity contribution in [3.8, 4) is 11.5 Å². The standard InChI is InChI=1S/C23H32N2O4/c1-16-8-11-19(12-9-16)25-23(29)7-5-3-4-6-17(2)24-15-22(28)18-10-13-20(26)21(27)14-18/h8-14,17,22,24,26-28H,3-7,15H2,1-2H3,(H,25,29). The van der Waals surface area contributed by atoms with Crippen molar-refractivity contribution in [2.45, 2.75) is 58.1 Å². The van der Waals surface area contributed by atoms with Crippen molar-refractivity contribution in [1.82, 2.24) is 5.32 Å². The fourth-order valence-electron chi connectivity index (χ4n) is 3.05. The Bertz CT molecular complexity index is 777. The van der Waals surface area contributed by atoms with Crippen LogP contribution in [-0.2, 0) is 4.79 Å². The maximum Gasteiger partial charge on any atom is 0.224 e. The smallest absolute Gasteiger partial charge is 0.224 e. The molecular formula is C23H32N2O4. The molecule has 0 aliphatic carbocycles. The van der Waals surface area contributed by atoms with Gasteiger partial charge < -0.3 is 26.0 Å². The first kappa shape index (κ1) is 22.7. The first-order chi connectivity index (χ1) is 13.8. The van der Waals surface area contributed by atoms with E-state index in [9.17, 15) is 20.1 Å². The number of aliphatic hydroxyl groups is 1. The highest BCUT2D eigenvalue weighted by atomic mass is 16.3. The second-order valence-electron chi connectivity index (χ2n) is 7.59. The normalized spacial score (nSPS) is 13.1. The summed E-state index contributed by atoms with van der Waals surface area (Å²) in [7, 11) is 0. The molecule has 6 nitrogen and oxygen atoms in total. The maximum absolute atomic E-state index is 12.0. The molecule has 2 aromatic carbocycles. The van der Waals surface area contributed by atoms with Crippen molar-refractivity contribution in [2.24, 2.45) is 0 Å². The van der Waals surface area contributed by atoms with Crippen molar-refractivity contribution in [1.29, 1.82) is 0 Å². The molecule has 0 aliphatic rings. The van der Waals surface area contributed by atoms with Gasteiger partial charge in [0.05, 0.1) is 6.10 Å². The minimum absolute atomic E-state index is 0.0419. The van der Waals surface area contributed by atoms with Crippen LogP contribution in [0.1, 0.15) is 56.3 Å². The Labute approximate surface area is 172 Å². The summed E-state index contributed by atoms with van der Waals surface area (Å²) in [5, 5.41) is 35.2. The van der Waals surface area contributed by atoms with Gasteiger partial charge in [-0.25, -0.2) is 0 Å². The van der Waals surface area contributed by atoms with Crippen LogP contribution in [0.15, 0.2) is 42.5 Å². The number of amides is 1. The monoisotopic (exact) mass is 400 g/mol. The van der Waals surface area contributed by atoms with E-state index in [1.165, 1.54) is 17.7 Å². The van der Waals surface area contributed by atoms with Crippen LogP contribution in [0.4, 0.5) is 5.69 Å². The first-order valence-corrected chi connectivity index (χ1v) is 10.1. The minimum Gasteiger partial charge on any atom is -0.504 e. The average molecular weight is 401 g/mol. The van der Waals surface area contributed by atoms with Crippen molar-refractivity contribution in [3.05, 3.63) is 53.6 Å². The summed E-state index contributed by atoms with van der Waals surface area (Å²) in [5.41, 5.74) is 2.55. The lowest BCUT2D eigenvalue weighted by Crippen LogP contribution is -2.30. The molecule has 2 unspecified atom stereocenters. The number of hydrogen-bond donors (Lipinski definition) is 5. The summed E-state index contributed by atoms with van der Waals surface area (Å²) in [6, 6.07) is 12.3. The summed E-state index contributed by atoms with van der Waals surface area (Å²) < 4.78 is 0. The molecule has 1 amide bonds. The molecule has 5 N–H and O–H groups in total. The molecule has 29 heavy (non-hydrogen) atoms. The number of aliphatic hydroxyl groups excluding tert-OH is 1. The Hall–Kier alpha value is -2.57. The molecule has 2 rings (SSSR count). The molecule has 2 atom stereocenters. The van der Waals surface area contributed by atoms with Gasteiger partial charge in [0.1, 0.15) is 0 Å². The number of aryl methyl sites for hydroxylation is 1. The molecule has 0 aliphatic heterocycles. The van der Waals surface area contributed by atoms with Gasteiger partial charge >= 0.3 is 0 Å². The van der Waals surface area contributed by atoms with Crippen molar-refractivity contribution in [2.75, 3.05) is 11.9 Å². The van der Waals surface area contributed by atoms with E-state index in [0.29, 0.717) is 18.5 Å². The first-order valence-electron chi connectivity index (χ1n) is 10.1. The van der Waals surface area contributed by atoms with Gasteiger partial charge in [-0.05, 0) is 56.5 Å². The predicted octanol–water partition coefficient (Wildman–Crippen LogP) is 4.01. The van der Waals surface area contributed by atoms with Crippen LogP contribution in [0.5, 0.6) is 11.5 Å². The lowest BCUT2D eigenvalue weighted by atomic mass is 10.1. The van der Waals surface area contributed by atoms with Gasteiger partial charge in [0, 0.05) is 24.7 Å². The van der Waals surface area contributed by atoms with E-state index in [2.05, 4.69) is 17.6 Å². The number of benzene rings is 2. The number of aromatic hydroxyl groups is 2. The third-order valence-corrected chi connectivity index (χ3v) is 4.92. The van der Waals surface area contributed by atoms with Gasteiger partial charge in [0.2, 0.25) is 5.91 Å². The van der Waals surface area contributed by atoms with Gasteiger partial charge in [0.15, 0.2) is 11.5 Å². The number of rotatable bonds is 11. The van der Waals surface area contributed by atoms with Crippen LogP contribution in [0.3, 0.4) is 0 Å². The summed E-state index contributed by atoms with van der Waals surface area (Å²) in [6.07, 6.45) is 3.53. The number of carbonyl (C=O) groups excluding carboxylic acids is 1. The van der Waals surface area contributed by atoms with Crippen molar-refractivity contribution < 1.29 is 20.1 Å². The van der Waals surface area contributed by atoms with Crippen molar-refractivity contribution >= 4 is 11.6 Å². The molecule has 0 saturated heterocycles. The topological polar surface area (TPSA) is 102 Å². The number of unbranched alkanes of at least 4 members (excludes halogenated alkanes) is 2. The van der Waals surface area contributed by atoms with Crippen LogP contribution < -0.4 is 10.6 Å². The number of phenols is 2. The molecular weight excluding hydrogens is 368 g/mol. The van der Waals surface area contributed by atoms with Crippen LogP contribution in [0, 0.1) is 6.92 Å². The quantitative estimate of drug-likeness (QED) is 0.290.